The normalized spacial score (nSPS) is 18.2. The summed E-state index contributed by atoms with van der Waals surface area (Å²) in [6.07, 6.45) is 6.10. The average molecular weight is 360 g/mol. The van der Waals surface area contributed by atoms with Gasteiger partial charge in [0.2, 0.25) is 5.91 Å². The van der Waals surface area contributed by atoms with Gasteiger partial charge < -0.3 is 14.6 Å². The van der Waals surface area contributed by atoms with Gasteiger partial charge in [-0.1, -0.05) is 0 Å². The number of carbonyl (C=O) groups excluding carboxylic acids is 1. The van der Waals surface area contributed by atoms with Crippen LogP contribution < -0.4 is 0 Å². The van der Waals surface area contributed by atoms with E-state index in [0.717, 1.165) is 35.9 Å². The largest absolute Gasteiger partial charge is 0.388 e. The highest BCUT2D eigenvalue weighted by molar-refractivity contribution is 7.15. The molecular formula is C16H20N6O2S. The van der Waals surface area contributed by atoms with Crippen molar-refractivity contribution in [1.29, 1.82) is 0 Å². The van der Waals surface area contributed by atoms with Crippen LogP contribution in [0.2, 0.25) is 0 Å². The lowest BCUT2D eigenvalue weighted by atomic mass is 9.96. The molecule has 0 spiro atoms. The van der Waals surface area contributed by atoms with E-state index in [2.05, 4.69) is 15.2 Å². The Labute approximate surface area is 148 Å². The lowest BCUT2D eigenvalue weighted by molar-refractivity contribution is -0.131. The Morgan fingerprint density at radius 2 is 2.32 bits per heavy atom. The molecule has 0 aliphatic carbocycles. The molecule has 0 saturated carbocycles. The van der Waals surface area contributed by atoms with Gasteiger partial charge in [0, 0.05) is 43.8 Å². The minimum atomic E-state index is -0.129. The van der Waals surface area contributed by atoms with Gasteiger partial charge in [-0.3, -0.25) is 9.20 Å². The van der Waals surface area contributed by atoms with Crippen LogP contribution in [0.3, 0.4) is 0 Å². The number of hydrogen-bond acceptors (Lipinski definition) is 6. The summed E-state index contributed by atoms with van der Waals surface area (Å²) in [5.74, 6) is 1.64. The molecule has 1 aliphatic heterocycles. The second kappa shape index (κ2) is 6.57. The summed E-state index contributed by atoms with van der Waals surface area (Å²) in [4.78, 5) is 20.0. The molecule has 0 aromatic carbocycles. The molecule has 1 atom stereocenters. The van der Waals surface area contributed by atoms with Crippen LogP contribution in [-0.4, -0.2) is 53.2 Å². The number of aromatic nitrogens is 5. The number of nitrogens with zero attached hydrogens (tertiary/aromatic N) is 6. The predicted molar refractivity (Wildman–Crippen MR) is 92.3 cm³/mol. The molecule has 3 aromatic heterocycles. The molecule has 4 rings (SSSR count). The van der Waals surface area contributed by atoms with Gasteiger partial charge in [-0.25, -0.2) is 4.98 Å². The van der Waals surface area contributed by atoms with Crippen LogP contribution in [0, 0.1) is 0 Å². The van der Waals surface area contributed by atoms with E-state index in [-0.39, 0.29) is 18.4 Å². The Bertz CT molecular complexity index is 869. The van der Waals surface area contributed by atoms with E-state index in [0.29, 0.717) is 18.8 Å². The smallest absolute Gasteiger partial charge is 0.228 e. The number of amides is 1. The lowest BCUT2D eigenvalue weighted by Gasteiger charge is -2.32. The second-order valence-corrected chi connectivity index (χ2v) is 7.25. The second-order valence-electron chi connectivity index (χ2n) is 6.37. The van der Waals surface area contributed by atoms with Gasteiger partial charge in [-0.05, 0) is 12.8 Å². The number of carbonyl (C=O) groups is 1. The molecule has 9 heteroatoms. The zero-order valence-electron chi connectivity index (χ0n) is 14.0. The maximum Gasteiger partial charge on any atom is 0.228 e. The monoisotopic (exact) mass is 360 g/mol. The molecule has 1 amide bonds. The molecule has 1 saturated heterocycles. The molecular weight excluding hydrogens is 340 g/mol. The minimum absolute atomic E-state index is 0.0972. The molecule has 4 heterocycles. The highest BCUT2D eigenvalue weighted by Crippen LogP contribution is 2.26. The fourth-order valence-corrected chi connectivity index (χ4v) is 4.13. The van der Waals surface area contributed by atoms with Crippen LogP contribution in [0.25, 0.3) is 4.96 Å². The summed E-state index contributed by atoms with van der Waals surface area (Å²) in [6, 6.07) is 0. The standard InChI is InChI=1S/C16H20N6O2S/c1-20-13(10-23)18-19-15(20)11-3-2-4-21(8-11)14(24)7-12-9-22-5-6-25-16(22)17-12/h5-6,9,11,23H,2-4,7-8,10H2,1H3/t11-/m0/s1. The number of hydrogen-bond donors (Lipinski definition) is 1. The van der Waals surface area contributed by atoms with Gasteiger partial charge in [0.15, 0.2) is 10.8 Å². The van der Waals surface area contributed by atoms with Crippen molar-refractivity contribution in [2.24, 2.45) is 7.05 Å². The molecule has 8 nitrogen and oxygen atoms in total. The van der Waals surface area contributed by atoms with Crippen LogP contribution in [0.4, 0.5) is 0 Å². The van der Waals surface area contributed by atoms with Crippen molar-refractivity contribution in [1.82, 2.24) is 29.0 Å². The van der Waals surface area contributed by atoms with E-state index in [1.165, 1.54) is 0 Å². The minimum Gasteiger partial charge on any atom is -0.388 e. The first kappa shape index (κ1) is 16.2. The fraction of sp³-hybridized carbons (Fsp3) is 0.500. The summed E-state index contributed by atoms with van der Waals surface area (Å²) < 4.78 is 3.78. The van der Waals surface area contributed by atoms with Crippen molar-refractivity contribution in [2.75, 3.05) is 13.1 Å². The summed E-state index contributed by atoms with van der Waals surface area (Å²) in [6.45, 7) is 1.27. The van der Waals surface area contributed by atoms with Crippen molar-refractivity contribution in [3.63, 3.8) is 0 Å². The van der Waals surface area contributed by atoms with Gasteiger partial charge in [0.1, 0.15) is 12.4 Å². The van der Waals surface area contributed by atoms with Crippen LogP contribution in [0.15, 0.2) is 17.8 Å². The summed E-state index contributed by atoms with van der Waals surface area (Å²) in [7, 11) is 1.86. The van der Waals surface area contributed by atoms with Crippen molar-refractivity contribution in [3.05, 3.63) is 35.1 Å². The fourth-order valence-electron chi connectivity index (χ4n) is 3.41. The van der Waals surface area contributed by atoms with E-state index < -0.39 is 0 Å². The number of rotatable bonds is 4. The van der Waals surface area contributed by atoms with Gasteiger partial charge in [-0.2, -0.15) is 0 Å². The Kier molecular flexibility index (Phi) is 4.26. The number of likely N-dealkylation sites (tertiary alicyclic amines) is 1. The zero-order chi connectivity index (χ0) is 17.4. The summed E-state index contributed by atoms with van der Waals surface area (Å²) in [5.41, 5.74) is 0.806. The topological polar surface area (TPSA) is 88.5 Å². The van der Waals surface area contributed by atoms with Gasteiger partial charge in [-0.15, -0.1) is 21.5 Å². The third-order valence-corrected chi connectivity index (χ3v) is 5.53. The number of imidazole rings is 1. The number of aliphatic hydroxyl groups excluding tert-OH is 1. The van der Waals surface area contributed by atoms with Crippen LogP contribution >= 0.6 is 11.3 Å². The molecule has 132 valence electrons. The zero-order valence-corrected chi connectivity index (χ0v) is 14.8. The third kappa shape index (κ3) is 3.05. The number of thiazole rings is 1. The highest BCUT2D eigenvalue weighted by atomic mass is 32.1. The van der Waals surface area contributed by atoms with E-state index in [1.54, 1.807) is 11.3 Å². The van der Waals surface area contributed by atoms with Crippen LogP contribution in [0.5, 0.6) is 0 Å². The van der Waals surface area contributed by atoms with E-state index in [9.17, 15) is 9.90 Å². The van der Waals surface area contributed by atoms with Crippen LogP contribution in [0.1, 0.15) is 36.1 Å². The Balaban J connectivity index is 1.45. The quantitative estimate of drug-likeness (QED) is 0.749. The van der Waals surface area contributed by atoms with E-state index in [1.807, 2.05) is 38.7 Å². The maximum absolute atomic E-state index is 12.7. The lowest BCUT2D eigenvalue weighted by Crippen LogP contribution is -2.40. The summed E-state index contributed by atoms with van der Waals surface area (Å²) >= 11 is 1.56. The molecule has 25 heavy (non-hydrogen) atoms. The van der Waals surface area contributed by atoms with Gasteiger partial charge in [0.05, 0.1) is 12.1 Å². The Morgan fingerprint density at radius 1 is 1.44 bits per heavy atom. The summed E-state index contributed by atoms with van der Waals surface area (Å²) in [5, 5.41) is 19.5. The first-order valence-corrected chi connectivity index (χ1v) is 9.21. The van der Waals surface area contributed by atoms with Crippen molar-refractivity contribution in [2.45, 2.75) is 31.8 Å². The van der Waals surface area contributed by atoms with Crippen molar-refractivity contribution >= 4 is 22.2 Å². The average Bonchev–Trinajstić information content (AvgIpc) is 3.29. The van der Waals surface area contributed by atoms with E-state index in [4.69, 9.17) is 0 Å². The van der Waals surface area contributed by atoms with Crippen molar-refractivity contribution < 1.29 is 9.90 Å². The Hall–Kier alpha value is -2.26. The molecule has 0 unspecified atom stereocenters. The third-order valence-electron chi connectivity index (χ3n) is 4.75. The number of piperidine rings is 1. The molecule has 1 aliphatic rings. The molecule has 1 fully saturated rings. The molecule has 0 radical (unpaired) electrons. The SMILES string of the molecule is Cn1c(CO)nnc1[C@H]1CCCN(C(=O)Cc2cn3ccsc3n2)C1. The molecule has 0 bridgehead atoms. The first-order chi connectivity index (χ1) is 12.2. The first-order valence-electron chi connectivity index (χ1n) is 8.33. The maximum atomic E-state index is 12.7. The number of aliphatic hydroxyl groups is 1. The van der Waals surface area contributed by atoms with Crippen molar-refractivity contribution in [3.8, 4) is 0 Å². The Morgan fingerprint density at radius 3 is 3.08 bits per heavy atom. The molecule has 1 N–H and O–H groups in total. The molecule has 3 aromatic rings. The predicted octanol–water partition coefficient (Wildman–Crippen LogP) is 0.965. The van der Waals surface area contributed by atoms with Gasteiger partial charge >= 0.3 is 0 Å². The van der Waals surface area contributed by atoms with Crippen LogP contribution in [-0.2, 0) is 24.9 Å². The van der Waals surface area contributed by atoms with E-state index >= 15 is 0 Å². The highest BCUT2D eigenvalue weighted by Gasteiger charge is 2.28. The van der Waals surface area contributed by atoms with Gasteiger partial charge in [0.25, 0.3) is 0 Å². The number of fused-ring (bicyclic) bond motifs is 1.